The lowest BCUT2D eigenvalue weighted by atomic mass is 10.1. The van der Waals surface area contributed by atoms with Crippen LogP contribution in [0.3, 0.4) is 0 Å². The Balaban J connectivity index is 1.94. The Bertz CT molecular complexity index is 1050. The molecule has 2 aromatic rings. The Kier molecular flexibility index (Phi) is 7.16. The number of rotatable bonds is 7. The fourth-order valence-corrected chi connectivity index (χ4v) is 3.54. The Hall–Kier alpha value is -3.08. The third-order valence-electron chi connectivity index (χ3n) is 4.33. The molecule has 31 heavy (non-hydrogen) atoms. The summed E-state index contributed by atoms with van der Waals surface area (Å²) in [6.07, 6.45) is 2.21. The molecule has 0 aromatic heterocycles. The monoisotopic (exact) mass is 536 g/mol. The van der Waals surface area contributed by atoms with E-state index in [1.807, 2.05) is 29.5 Å². The van der Waals surface area contributed by atoms with Crippen molar-refractivity contribution >= 4 is 52.2 Å². The molecule has 8 nitrogen and oxygen atoms in total. The molecule has 0 unspecified atom stereocenters. The topological polar surface area (TPSA) is 105 Å². The summed E-state index contributed by atoms with van der Waals surface area (Å²) in [7, 11) is 0. The SMILES string of the molecule is CCCOc1ccc(N2C(=O)NC(=O)/C(=C/c3cc(I)c(O)c(OCC)c3)C2=O)cc1. The van der Waals surface area contributed by atoms with Crippen LogP contribution in [-0.4, -0.2) is 36.2 Å². The number of carbonyl (C=O) groups is 3. The van der Waals surface area contributed by atoms with E-state index < -0.39 is 17.8 Å². The van der Waals surface area contributed by atoms with Gasteiger partial charge in [-0.25, -0.2) is 9.69 Å². The van der Waals surface area contributed by atoms with Gasteiger partial charge in [0.15, 0.2) is 11.5 Å². The van der Waals surface area contributed by atoms with Crippen molar-refractivity contribution in [2.24, 2.45) is 0 Å². The number of aromatic hydroxyl groups is 1. The van der Waals surface area contributed by atoms with Crippen molar-refractivity contribution < 1.29 is 29.0 Å². The van der Waals surface area contributed by atoms with Crippen LogP contribution < -0.4 is 19.7 Å². The normalized spacial score (nSPS) is 15.3. The fourth-order valence-electron chi connectivity index (χ4n) is 2.91. The molecule has 0 radical (unpaired) electrons. The second-order valence-corrected chi connectivity index (χ2v) is 7.74. The molecule has 1 saturated heterocycles. The summed E-state index contributed by atoms with van der Waals surface area (Å²) in [5.41, 5.74) is 0.566. The van der Waals surface area contributed by atoms with E-state index in [1.165, 1.54) is 12.1 Å². The number of urea groups is 1. The van der Waals surface area contributed by atoms with Gasteiger partial charge in [-0.1, -0.05) is 6.92 Å². The molecule has 1 heterocycles. The maximum Gasteiger partial charge on any atom is 0.335 e. The number of phenols is 1. The molecule has 1 fully saturated rings. The van der Waals surface area contributed by atoms with Crippen molar-refractivity contribution in [3.8, 4) is 17.2 Å². The Morgan fingerprint density at radius 3 is 2.45 bits per heavy atom. The number of anilines is 1. The van der Waals surface area contributed by atoms with Crippen LogP contribution in [-0.2, 0) is 9.59 Å². The van der Waals surface area contributed by atoms with Crippen LogP contribution in [0.15, 0.2) is 42.0 Å². The third kappa shape index (κ3) is 4.98. The standard InChI is InChI=1S/C22H21IN2O6/c1-3-9-31-15-7-5-14(6-8-15)25-21(28)16(20(27)24-22(25)29)10-13-11-17(23)19(26)18(12-13)30-4-2/h5-8,10-12,26H,3-4,9H2,1-2H3,(H,24,27,29)/b16-10-. The third-order valence-corrected chi connectivity index (χ3v) is 5.15. The number of phenolic OH excluding ortho intramolecular Hbond substituents is 1. The first-order valence-electron chi connectivity index (χ1n) is 9.65. The summed E-state index contributed by atoms with van der Waals surface area (Å²) in [6, 6.07) is 8.76. The summed E-state index contributed by atoms with van der Waals surface area (Å²) < 4.78 is 11.4. The largest absolute Gasteiger partial charge is 0.504 e. The number of carbonyl (C=O) groups excluding carboxylic acids is 3. The highest BCUT2D eigenvalue weighted by atomic mass is 127. The highest BCUT2D eigenvalue weighted by molar-refractivity contribution is 14.1. The van der Waals surface area contributed by atoms with E-state index in [4.69, 9.17) is 9.47 Å². The van der Waals surface area contributed by atoms with Gasteiger partial charge in [0.2, 0.25) is 0 Å². The van der Waals surface area contributed by atoms with Crippen LogP contribution in [0.2, 0.25) is 0 Å². The lowest BCUT2D eigenvalue weighted by Gasteiger charge is -2.26. The van der Waals surface area contributed by atoms with Gasteiger partial charge in [0, 0.05) is 0 Å². The summed E-state index contributed by atoms with van der Waals surface area (Å²) in [6.45, 7) is 4.66. The maximum atomic E-state index is 13.0. The molecule has 0 saturated carbocycles. The number of halogens is 1. The Morgan fingerprint density at radius 2 is 1.81 bits per heavy atom. The van der Waals surface area contributed by atoms with E-state index in [2.05, 4.69) is 5.32 Å². The molecule has 2 N–H and O–H groups in total. The van der Waals surface area contributed by atoms with Crippen LogP contribution in [0, 0.1) is 3.57 Å². The molecule has 2 aromatic carbocycles. The van der Waals surface area contributed by atoms with Crippen molar-refractivity contribution in [1.29, 1.82) is 0 Å². The van der Waals surface area contributed by atoms with E-state index in [-0.39, 0.29) is 17.1 Å². The molecule has 4 amide bonds. The number of benzene rings is 2. The smallest absolute Gasteiger partial charge is 0.335 e. The van der Waals surface area contributed by atoms with Crippen molar-refractivity contribution in [2.75, 3.05) is 18.1 Å². The molecule has 0 aliphatic carbocycles. The number of hydrogen-bond donors (Lipinski definition) is 2. The minimum Gasteiger partial charge on any atom is -0.504 e. The van der Waals surface area contributed by atoms with Gasteiger partial charge in [0.25, 0.3) is 11.8 Å². The number of barbiturate groups is 1. The van der Waals surface area contributed by atoms with Gasteiger partial charge in [-0.3, -0.25) is 14.9 Å². The first kappa shape index (κ1) is 22.6. The van der Waals surface area contributed by atoms with Gasteiger partial charge in [-0.05, 0) is 84.0 Å². The second kappa shape index (κ2) is 9.82. The highest BCUT2D eigenvalue weighted by Gasteiger charge is 2.36. The molecule has 162 valence electrons. The fraction of sp³-hybridized carbons (Fsp3) is 0.227. The van der Waals surface area contributed by atoms with Crippen molar-refractivity contribution in [1.82, 2.24) is 5.32 Å². The summed E-state index contributed by atoms with van der Waals surface area (Å²) in [4.78, 5) is 38.7. The minimum atomic E-state index is -0.829. The first-order chi connectivity index (χ1) is 14.8. The van der Waals surface area contributed by atoms with Gasteiger partial charge in [0.1, 0.15) is 11.3 Å². The van der Waals surface area contributed by atoms with Crippen molar-refractivity contribution in [3.63, 3.8) is 0 Å². The van der Waals surface area contributed by atoms with Crippen molar-refractivity contribution in [3.05, 3.63) is 51.1 Å². The molecule has 3 rings (SSSR count). The Labute approximate surface area is 193 Å². The van der Waals surface area contributed by atoms with E-state index in [0.29, 0.717) is 33.8 Å². The van der Waals surface area contributed by atoms with Gasteiger partial charge in [-0.15, -0.1) is 0 Å². The van der Waals surface area contributed by atoms with Crippen LogP contribution in [0.1, 0.15) is 25.8 Å². The second-order valence-electron chi connectivity index (χ2n) is 6.58. The number of ether oxygens (including phenoxy) is 2. The van der Waals surface area contributed by atoms with Gasteiger partial charge in [-0.2, -0.15) is 0 Å². The van der Waals surface area contributed by atoms with Crippen LogP contribution in [0.4, 0.5) is 10.5 Å². The molecular formula is C22H21IN2O6. The summed E-state index contributed by atoms with van der Waals surface area (Å²) >= 11 is 1.93. The molecule has 0 atom stereocenters. The van der Waals surface area contributed by atoms with E-state index >= 15 is 0 Å². The molecule has 0 bridgehead atoms. The first-order valence-corrected chi connectivity index (χ1v) is 10.7. The van der Waals surface area contributed by atoms with Crippen LogP contribution in [0.5, 0.6) is 17.2 Å². The molecule has 1 aliphatic rings. The minimum absolute atomic E-state index is 0.0220. The molecule has 0 spiro atoms. The van der Waals surface area contributed by atoms with E-state index in [9.17, 15) is 19.5 Å². The maximum absolute atomic E-state index is 13.0. The van der Waals surface area contributed by atoms with Gasteiger partial charge >= 0.3 is 6.03 Å². The number of nitrogens with one attached hydrogen (secondary N) is 1. The van der Waals surface area contributed by atoms with E-state index in [1.54, 1.807) is 37.3 Å². The lowest BCUT2D eigenvalue weighted by molar-refractivity contribution is -0.122. The van der Waals surface area contributed by atoms with Gasteiger partial charge < -0.3 is 14.6 Å². The number of imide groups is 2. The average Bonchev–Trinajstić information content (AvgIpc) is 2.74. The predicted octanol–water partition coefficient (Wildman–Crippen LogP) is 3.85. The number of nitrogens with zero attached hydrogens (tertiary/aromatic N) is 1. The number of amides is 4. The quantitative estimate of drug-likeness (QED) is 0.317. The zero-order valence-corrected chi connectivity index (χ0v) is 19.1. The zero-order chi connectivity index (χ0) is 22.5. The van der Waals surface area contributed by atoms with Crippen LogP contribution in [0.25, 0.3) is 6.08 Å². The molecule has 9 heteroatoms. The predicted molar refractivity (Wildman–Crippen MR) is 123 cm³/mol. The number of hydrogen-bond acceptors (Lipinski definition) is 6. The van der Waals surface area contributed by atoms with Gasteiger partial charge in [0.05, 0.1) is 22.5 Å². The molecular weight excluding hydrogens is 515 g/mol. The summed E-state index contributed by atoms with van der Waals surface area (Å²) in [5.74, 6) is -0.719. The summed E-state index contributed by atoms with van der Waals surface area (Å²) in [5, 5.41) is 12.3. The Morgan fingerprint density at radius 1 is 1.10 bits per heavy atom. The van der Waals surface area contributed by atoms with Crippen LogP contribution >= 0.6 is 22.6 Å². The average molecular weight is 536 g/mol. The zero-order valence-electron chi connectivity index (χ0n) is 17.0. The highest BCUT2D eigenvalue weighted by Crippen LogP contribution is 2.34. The molecule has 1 aliphatic heterocycles. The van der Waals surface area contributed by atoms with Crippen molar-refractivity contribution in [2.45, 2.75) is 20.3 Å². The van der Waals surface area contributed by atoms with E-state index in [0.717, 1.165) is 11.3 Å². The lowest BCUT2D eigenvalue weighted by Crippen LogP contribution is -2.54.